The predicted octanol–water partition coefficient (Wildman–Crippen LogP) is 3.30. The SMILES string of the molecule is COCCC(NC(=O)OCC1c2ccccc2-c2ccccc21)C(=O)N[C@@H]1C[C@H]2C[C@@]2(C(=O)O)C1. The lowest BCUT2D eigenvalue weighted by Gasteiger charge is -2.22. The first kappa shape index (κ1) is 23.4. The summed E-state index contributed by atoms with van der Waals surface area (Å²) >= 11 is 0. The molecule has 2 aromatic rings. The highest BCUT2D eigenvalue weighted by atomic mass is 16.5. The number of carbonyl (C=O) groups is 3. The van der Waals surface area contributed by atoms with E-state index in [0.717, 1.165) is 22.3 Å². The Balaban J connectivity index is 1.19. The summed E-state index contributed by atoms with van der Waals surface area (Å²) in [5.41, 5.74) is 3.83. The number of methoxy groups -OCH3 is 1. The molecule has 184 valence electrons. The number of fused-ring (bicyclic) bond motifs is 4. The van der Waals surface area contributed by atoms with E-state index in [-0.39, 0.29) is 43.4 Å². The number of alkyl carbamates (subject to hydrolysis) is 1. The van der Waals surface area contributed by atoms with Crippen molar-refractivity contribution in [2.75, 3.05) is 20.3 Å². The summed E-state index contributed by atoms with van der Waals surface area (Å²) in [4.78, 5) is 37.2. The Labute approximate surface area is 204 Å². The summed E-state index contributed by atoms with van der Waals surface area (Å²) in [5, 5.41) is 15.1. The Morgan fingerprint density at radius 1 is 1.06 bits per heavy atom. The smallest absolute Gasteiger partial charge is 0.407 e. The van der Waals surface area contributed by atoms with Gasteiger partial charge >= 0.3 is 12.1 Å². The number of hydrogen-bond acceptors (Lipinski definition) is 5. The lowest BCUT2D eigenvalue weighted by molar-refractivity contribution is -0.143. The second kappa shape index (κ2) is 9.34. The number of carboxylic acids is 1. The van der Waals surface area contributed by atoms with Crippen molar-refractivity contribution in [1.29, 1.82) is 0 Å². The molecule has 2 saturated carbocycles. The average Bonchev–Trinajstić information content (AvgIpc) is 3.28. The normalized spacial score (nSPS) is 24.6. The third kappa shape index (κ3) is 4.38. The fourth-order valence-corrected chi connectivity index (χ4v) is 5.85. The number of ether oxygens (including phenoxy) is 2. The van der Waals surface area contributed by atoms with Gasteiger partial charge in [0, 0.05) is 32.1 Å². The van der Waals surface area contributed by atoms with E-state index in [1.807, 2.05) is 36.4 Å². The summed E-state index contributed by atoms with van der Waals surface area (Å²) in [5.74, 6) is -1.08. The molecule has 2 amide bonds. The maximum atomic E-state index is 12.9. The fraction of sp³-hybridized carbons (Fsp3) is 0.444. The second-order valence-corrected chi connectivity index (χ2v) is 9.81. The quantitative estimate of drug-likeness (QED) is 0.510. The molecular weight excluding hydrogens is 448 g/mol. The summed E-state index contributed by atoms with van der Waals surface area (Å²) in [6, 6.07) is 15.2. The van der Waals surface area contributed by atoms with Crippen molar-refractivity contribution >= 4 is 18.0 Å². The Bertz CT molecular complexity index is 1100. The van der Waals surface area contributed by atoms with E-state index >= 15 is 0 Å². The van der Waals surface area contributed by atoms with Gasteiger partial charge in [-0.15, -0.1) is 0 Å². The van der Waals surface area contributed by atoms with Gasteiger partial charge in [0.1, 0.15) is 12.6 Å². The van der Waals surface area contributed by atoms with E-state index in [1.54, 1.807) is 0 Å². The molecular formula is C27H30N2O6. The van der Waals surface area contributed by atoms with E-state index in [0.29, 0.717) is 19.3 Å². The van der Waals surface area contributed by atoms with Crippen molar-refractivity contribution in [2.24, 2.45) is 11.3 Å². The van der Waals surface area contributed by atoms with Gasteiger partial charge in [-0.1, -0.05) is 48.5 Å². The molecule has 0 aliphatic heterocycles. The molecule has 2 fully saturated rings. The van der Waals surface area contributed by atoms with Crippen LogP contribution in [0.25, 0.3) is 11.1 Å². The van der Waals surface area contributed by atoms with Crippen LogP contribution in [-0.4, -0.2) is 55.5 Å². The molecule has 2 aromatic carbocycles. The molecule has 3 aliphatic carbocycles. The van der Waals surface area contributed by atoms with E-state index < -0.39 is 23.5 Å². The molecule has 3 aliphatic rings. The largest absolute Gasteiger partial charge is 0.481 e. The Morgan fingerprint density at radius 2 is 1.71 bits per heavy atom. The number of amides is 2. The van der Waals surface area contributed by atoms with Gasteiger partial charge in [-0.05, 0) is 47.4 Å². The molecule has 1 unspecified atom stereocenters. The number of hydrogen-bond donors (Lipinski definition) is 3. The van der Waals surface area contributed by atoms with Crippen LogP contribution in [-0.2, 0) is 19.1 Å². The Morgan fingerprint density at radius 3 is 2.31 bits per heavy atom. The van der Waals surface area contributed by atoms with Crippen LogP contribution in [0, 0.1) is 11.3 Å². The lowest BCUT2D eigenvalue weighted by Crippen LogP contribution is -2.50. The van der Waals surface area contributed by atoms with Gasteiger partial charge in [0.25, 0.3) is 0 Å². The minimum absolute atomic E-state index is 0.0724. The summed E-state index contributed by atoms with van der Waals surface area (Å²) < 4.78 is 10.7. The molecule has 4 atom stereocenters. The molecule has 8 heteroatoms. The van der Waals surface area contributed by atoms with Crippen LogP contribution in [0.4, 0.5) is 4.79 Å². The molecule has 0 heterocycles. The van der Waals surface area contributed by atoms with Gasteiger partial charge < -0.3 is 25.2 Å². The van der Waals surface area contributed by atoms with Gasteiger partial charge in [-0.2, -0.15) is 0 Å². The standard InChI is InChI=1S/C27H30N2O6/c1-34-11-10-23(24(30)28-17-12-16-13-27(16,14-17)25(31)32)29-26(33)35-15-22-20-8-4-2-6-18(20)19-7-3-5-9-21(19)22/h2-9,16-17,22-23H,10-15H2,1H3,(H,28,30)(H,29,33)(H,31,32)/t16-,17+,23?,27+/m0/s1. The van der Waals surface area contributed by atoms with Gasteiger partial charge in [-0.25, -0.2) is 4.79 Å². The summed E-state index contributed by atoms with van der Waals surface area (Å²) in [6.45, 7) is 0.442. The topological polar surface area (TPSA) is 114 Å². The van der Waals surface area contributed by atoms with Gasteiger partial charge in [0.2, 0.25) is 5.91 Å². The zero-order valence-corrected chi connectivity index (χ0v) is 19.7. The maximum absolute atomic E-state index is 12.9. The zero-order chi connectivity index (χ0) is 24.6. The third-order valence-corrected chi connectivity index (χ3v) is 7.75. The number of nitrogens with one attached hydrogen (secondary N) is 2. The minimum atomic E-state index is -0.830. The molecule has 5 rings (SSSR count). The van der Waals surface area contributed by atoms with Crippen LogP contribution in [0.3, 0.4) is 0 Å². The molecule has 3 N–H and O–H groups in total. The fourth-order valence-electron chi connectivity index (χ4n) is 5.85. The highest BCUT2D eigenvalue weighted by Gasteiger charge is 2.65. The molecule has 35 heavy (non-hydrogen) atoms. The molecule has 0 spiro atoms. The van der Waals surface area contributed by atoms with Gasteiger partial charge in [0.15, 0.2) is 0 Å². The number of carbonyl (C=O) groups excluding carboxylic acids is 2. The van der Waals surface area contributed by atoms with Crippen LogP contribution in [0.1, 0.15) is 42.7 Å². The molecule has 0 saturated heterocycles. The first-order valence-corrected chi connectivity index (χ1v) is 12.1. The van der Waals surface area contributed by atoms with E-state index in [2.05, 4.69) is 22.8 Å². The summed E-state index contributed by atoms with van der Waals surface area (Å²) in [7, 11) is 1.53. The molecule has 0 aromatic heterocycles. The van der Waals surface area contributed by atoms with E-state index in [4.69, 9.17) is 9.47 Å². The van der Waals surface area contributed by atoms with Crippen molar-refractivity contribution in [3.63, 3.8) is 0 Å². The number of rotatable bonds is 9. The Hall–Kier alpha value is -3.39. The van der Waals surface area contributed by atoms with Crippen LogP contribution in [0.2, 0.25) is 0 Å². The predicted molar refractivity (Wildman–Crippen MR) is 128 cm³/mol. The molecule has 0 bridgehead atoms. The van der Waals surface area contributed by atoms with Crippen molar-refractivity contribution in [1.82, 2.24) is 10.6 Å². The zero-order valence-electron chi connectivity index (χ0n) is 19.7. The van der Waals surface area contributed by atoms with Crippen molar-refractivity contribution < 1.29 is 29.0 Å². The van der Waals surface area contributed by atoms with E-state index in [1.165, 1.54) is 7.11 Å². The number of carboxylic acid groups (broad SMARTS) is 1. The number of aliphatic carboxylic acids is 1. The van der Waals surface area contributed by atoms with Crippen molar-refractivity contribution in [2.45, 2.75) is 43.7 Å². The summed E-state index contributed by atoms with van der Waals surface area (Å²) in [6.07, 6.45) is 1.38. The van der Waals surface area contributed by atoms with Crippen LogP contribution >= 0.6 is 0 Å². The highest BCUT2D eigenvalue weighted by molar-refractivity contribution is 5.86. The van der Waals surface area contributed by atoms with Crippen molar-refractivity contribution in [3.05, 3.63) is 59.7 Å². The second-order valence-electron chi connectivity index (χ2n) is 9.81. The lowest BCUT2D eigenvalue weighted by atomic mass is 9.98. The van der Waals surface area contributed by atoms with Gasteiger partial charge in [0.05, 0.1) is 5.41 Å². The molecule has 8 nitrogen and oxygen atoms in total. The highest BCUT2D eigenvalue weighted by Crippen LogP contribution is 2.63. The minimum Gasteiger partial charge on any atom is -0.481 e. The maximum Gasteiger partial charge on any atom is 0.407 e. The van der Waals surface area contributed by atoms with Crippen molar-refractivity contribution in [3.8, 4) is 11.1 Å². The molecule has 0 radical (unpaired) electrons. The first-order chi connectivity index (χ1) is 16.9. The van der Waals surface area contributed by atoms with E-state index in [9.17, 15) is 19.5 Å². The third-order valence-electron chi connectivity index (χ3n) is 7.75. The number of benzene rings is 2. The van der Waals surface area contributed by atoms with Gasteiger partial charge in [-0.3, -0.25) is 9.59 Å². The van der Waals surface area contributed by atoms with Crippen LogP contribution in [0.5, 0.6) is 0 Å². The average molecular weight is 479 g/mol. The monoisotopic (exact) mass is 478 g/mol. The Kier molecular flexibility index (Phi) is 6.23. The van der Waals surface area contributed by atoms with Crippen LogP contribution < -0.4 is 10.6 Å². The van der Waals surface area contributed by atoms with Crippen LogP contribution in [0.15, 0.2) is 48.5 Å². The first-order valence-electron chi connectivity index (χ1n) is 12.1.